The number of benzene rings is 4. The van der Waals surface area contributed by atoms with Crippen molar-refractivity contribution in [2.75, 3.05) is 0 Å². The standard InChI is InChI=1S/C42H54N2O11P2/c1-25-31(39(3,4)5)23-32(40(6,7)8)37(54-56-52-29-19-15-27(16-20-29)50-43(45)46)35(25)36-26(2)34(49-42(12,13)14)24-33(41(9,10)11)38(36)55-57-53-30-21-17-28(18-22-30)51-44(47)48/h15-24,56-57H,1-14H3. The summed E-state index contributed by atoms with van der Waals surface area (Å²) < 4.78 is 32.4. The van der Waals surface area contributed by atoms with Crippen molar-refractivity contribution in [2.24, 2.45) is 0 Å². The van der Waals surface area contributed by atoms with Crippen LogP contribution < -0.4 is 32.5 Å². The summed E-state index contributed by atoms with van der Waals surface area (Å²) in [5.41, 5.74) is 4.79. The summed E-state index contributed by atoms with van der Waals surface area (Å²) in [6, 6.07) is 16.4. The third-order valence-electron chi connectivity index (χ3n) is 8.74. The van der Waals surface area contributed by atoms with Crippen LogP contribution in [0.1, 0.15) is 111 Å². The van der Waals surface area contributed by atoms with Gasteiger partial charge in [0.05, 0.1) is 0 Å². The minimum absolute atomic E-state index is 0.0703. The first-order valence-corrected chi connectivity index (χ1v) is 20.0. The Balaban J connectivity index is 1.98. The molecule has 308 valence electrons. The lowest BCUT2D eigenvalue weighted by molar-refractivity contribution is -0.711. The van der Waals surface area contributed by atoms with Gasteiger partial charge >= 0.3 is 0 Å². The van der Waals surface area contributed by atoms with Gasteiger partial charge in [-0.15, -0.1) is 20.2 Å². The van der Waals surface area contributed by atoms with Gasteiger partial charge in [0.25, 0.3) is 28.2 Å². The van der Waals surface area contributed by atoms with E-state index in [1.165, 1.54) is 24.3 Å². The number of ether oxygens (including phenoxy) is 1. The fourth-order valence-corrected chi connectivity index (χ4v) is 7.30. The van der Waals surface area contributed by atoms with Gasteiger partial charge in [-0.3, -0.25) is 9.68 Å². The Bertz CT molecular complexity index is 2080. The van der Waals surface area contributed by atoms with Crippen molar-refractivity contribution in [3.63, 3.8) is 0 Å². The van der Waals surface area contributed by atoms with E-state index in [9.17, 15) is 20.2 Å². The highest BCUT2D eigenvalue weighted by Crippen LogP contribution is 2.55. The Labute approximate surface area is 338 Å². The molecule has 4 aromatic rings. The van der Waals surface area contributed by atoms with Crippen LogP contribution in [0.25, 0.3) is 11.1 Å². The zero-order chi connectivity index (χ0) is 42.7. The zero-order valence-electron chi connectivity index (χ0n) is 35.2. The Morgan fingerprint density at radius 2 is 0.842 bits per heavy atom. The van der Waals surface area contributed by atoms with E-state index in [1.807, 2.05) is 33.8 Å². The lowest BCUT2D eigenvalue weighted by Gasteiger charge is -2.34. The maximum atomic E-state index is 10.8. The summed E-state index contributed by atoms with van der Waals surface area (Å²) in [4.78, 5) is 30.8. The van der Waals surface area contributed by atoms with Crippen LogP contribution in [0.3, 0.4) is 0 Å². The van der Waals surface area contributed by atoms with Gasteiger partial charge < -0.3 is 22.8 Å². The molecule has 15 heteroatoms. The number of nitrogens with zero attached hydrogens (tertiary/aromatic N) is 2. The van der Waals surface area contributed by atoms with E-state index in [0.29, 0.717) is 28.7 Å². The number of hydrogen-bond donors (Lipinski definition) is 0. The van der Waals surface area contributed by atoms with Gasteiger partial charge in [-0.25, -0.2) is 0 Å². The average molecular weight is 825 g/mol. The predicted octanol–water partition coefficient (Wildman–Crippen LogP) is 12.1. The molecule has 4 aromatic carbocycles. The van der Waals surface area contributed by atoms with Gasteiger partial charge in [0.1, 0.15) is 45.8 Å². The molecular formula is C42H54N2O11P2. The van der Waals surface area contributed by atoms with Crippen molar-refractivity contribution in [1.82, 2.24) is 0 Å². The summed E-state index contributed by atoms with van der Waals surface area (Å²) in [7, 11) is -1.00. The SMILES string of the molecule is Cc1c(OC(C)(C)C)cc(C(C)(C)C)c(OPOc2ccc(O[N+](=O)[O-])cc2)c1-c1c(C)c(C(C)(C)C)cc(C(C)(C)C)c1OPOc1ccc(O[N+](=O)[O-])cc1. The van der Waals surface area contributed by atoms with Crippen LogP contribution in [0.4, 0.5) is 0 Å². The molecule has 2 atom stereocenters. The van der Waals surface area contributed by atoms with Crippen molar-refractivity contribution in [3.8, 4) is 51.4 Å². The second kappa shape index (κ2) is 17.3. The van der Waals surface area contributed by atoms with E-state index in [-0.39, 0.29) is 22.3 Å². The van der Waals surface area contributed by atoms with Crippen molar-refractivity contribution in [1.29, 1.82) is 0 Å². The quantitative estimate of drug-likeness (QED) is 0.0678. The van der Waals surface area contributed by atoms with Crippen LogP contribution in [0.5, 0.6) is 40.2 Å². The minimum atomic E-state index is -0.869. The second-order valence-corrected chi connectivity index (χ2v) is 18.8. The molecule has 0 aromatic heterocycles. The Morgan fingerprint density at radius 1 is 0.491 bits per heavy atom. The van der Waals surface area contributed by atoms with Gasteiger partial charge in [-0.2, -0.15) is 0 Å². The molecule has 0 aliphatic carbocycles. The molecule has 0 bridgehead atoms. The van der Waals surface area contributed by atoms with Gasteiger partial charge in [0.2, 0.25) is 0 Å². The van der Waals surface area contributed by atoms with E-state index in [4.69, 9.17) is 22.8 Å². The summed E-state index contributed by atoms with van der Waals surface area (Å²) in [5, 5.41) is 19.9. The highest BCUT2D eigenvalue weighted by Gasteiger charge is 2.35. The second-order valence-electron chi connectivity index (χ2n) is 17.7. The number of rotatable bonds is 14. The summed E-state index contributed by atoms with van der Waals surface area (Å²) in [6.07, 6.45) is 0. The monoisotopic (exact) mass is 824 g/mol. The Morgan fingerprint density at radius 3 is 1.19 bits per heavy atom. The van der Waals surface area contributed by atoms with Gasteiger partial charge in [0, 0.05) is 27.8 Å². The normalized spacial score (nSPS) is 12.5. The molecule has 0 amide bonds. The van der Waals surface area contributed by atoms with Crippen molar-refractivity contribution < 1.29 is 42.7 Å². The van der Waals surface area contributed by atoms with E-state index in [2.05, 4.69) is 85.0 Å². The number of hydrogen-bond acceptors (Lipinski definition) is 11. The molecule has 0 aliphatic heterocycles. The Hall–Kier alpha value is -4.86. The van der Waals surface area contributed by atoms with Gasteiger partial charge in [0.15, 0.2) is 0 Å². The van der Waals surface area contributed by atoms with Crippen LogP contribution in [0.15, 0.2) is 60.7 Å². The molecule has 0 N–H and O–H groups in total. The molecule has 0 saturated heterocycles. The smallest absolute Gasteiger partial charge is 0.299 e. The molecule has 57 heavy (non-hydrogen) atoms. The van der Waals surface area contributed by atoms with Crippen LogP contribution in [-0.4, -0.2) is 15.8 Å². The highest BCUT2D eigenvalue weighted by atomic mass is 31.1. The molecule has 0 radical (unpaired) electrons. The summed E-state index contributed by atoms with van der Waals surface area (Å²) >= 11 is 0. The first-order valence-electron chi connectivity index (χ1n) is 18.3. The molecule has 4 rings (SSSR count). The molecule has 0 heterocycles. The molecule has 2 unspecified atom stereocenters. The zero-order valence-corrected chi connectivity index (χ0v) is 37.2. The van der Waals surface area contributed by atoms with Crippen LogP contribution in [-0.2, 0) is 16.2 Å². The van der Waals surface area contributed by atoms with Crippen LogP contribution in [0.2, 0.25) is 0 Å². The van der Waals surface area contributed by atoms with Gasteiger partial charge in [-0.05, 0) is 117 Å². The third-order valence-corrected chi connectivity index (χ3v) is 9.95. The fourth-order valence-electron chi connectivity index (χ4n) is 6.16. The average Bonchev–Trinajstić information content (AvgIpc) is 3.05. The van der Waals surface area contributed by atoms with Crippen molar-refractivity contribution in [2.45, 2.75) is 119 Å². The van der Waals surface area contributed by atoms with Gasteiger partial charge in [-0.1, -0.05) is 68.4 Å². The molecule has 13 nitrogen and oxygen atoms in total. The molecule has 0 aliphatic rings. The molecule has 0 fully saturated rings. The maximum Gasteiger partial charge on any atom is 0.299 e. The Kier molecular flexibility index (Phi) is 13.6. The highest BCUT2D eigenvalue weighted by molar-refractivity contribution is 7.27. The fraction of sp³-hybridized carbons (Fsp3) is 0.429. The molecule has 0 saturated carbocycles. The van der Waals surface area contributed by atoms with E-state index < -0.39 is 39.3 Å². The topological polar surface area (TPSA) is 151 Å². The van der Waals surface area contributed by atoms with E-state index >= 15 is 0 Å². The first kappa shape index (κ1) is 44.8. The van der Waals surface area contributed by atoms with Crippen molar-refractivity contribution >= 4 is 18.1 Å². The lowest BCUT2D eigenvalue weighted by atomic mass is 9.74. The summed E-state index contributed by atoms with van der Waals surface area (Å²) in [5.74, 6) is 2.93. The molecular weight excluding hydrogens is 770 g/mol. The summed E-state index contributed by atoms with van der Waals surface area (Å²) in [6.45, 7) is 29.5. The minimum Gasteiger partial charge on any atom is -0.488 e. The van der Waals surface area contributed by atoms with Crippen LogP contribution in [0, 0.1) is 34.1 Å². The largest absolute Gasteiger partial charge is 0.488 e. The third kappa shape index (κ3) is 11.8. The maximum absolute atomic E-state index is 10.8. The molecule has 0 spiro atoms. The van der Waals surface area contributed by atoms with E-state index in [1.54, 1.807) is 24.3 Å². The van der Waals surface area contributed by atoms with Crippen LogP contribution >= 0.6 is 18.1 Å². The lowest BCUT2D eigenvalue weighted by Crippen LogP contribution is -2.24. The first-order chi connectivity index (χ1) is 26.3. The van der Waals surface area contributed by atoms with E-state index in [0.717, 1.165) is 38.9 Å². The predicted molar refractivity (Wildman–Crippen MR) is 225 cm³/mol. The van der Waals surface area contributed by atoms with Crippen molar-refractivity contribution in [3.05, 3.63) is 109 Å².